The van der Waals surface area contributed by atoms with E-state index in [9.17, 15) is 4.79 Å². The number of benzene rings is 2. The van der Waals surface area contributed by atoms with Crippen LogP contribution in [0.15, 0.2) is 66.9 Å². The summed E-state index contributed by atoms with van der Waals surface area (Å²) in [7, 11) is 0. The number of carbonyl (C=O) groups excluding carboxylic acids is 1. The van der Waals surface area contributed by atoms with E-state index in [-0.39, 0.29) is 12.1 Å². The number of hydrogen-bond donors (Lipinski definition) is 1. The third kappa shape index (κ3) is 4.08. The van der Waals surface area contributed by atoms with Crippen LogP contribution in [0.2, 0.25) is 0 Å². The number of aryl methyl sites for hydroxylation is 3. The van der Waals surface area contributed by atoms with Crippen molar-refractivity contribution in [2.75, 3.05) is 0 Å². The average molecular weight is 482 g/mol. The first-order valence-corrected chi connectivity index (χ1v) is 13.4. The summed E-state index contributed by atoms with van der Waals surface area (Å²) in [4.78, 5) is 17.5. The fourth-order valence-corrected chi connectivity index (χ4v) is 6.97. The molecule has 0 saturated heterocycles. The Kier molecular flexibility index (Phi) is 5.73. The van der Waals surface area contributed by atoms with Crippen molar-refractivity contribution in [1.29, 1.82) is 0 Å². The molecule has 0 unspecified atom stereocenters. The van der Waals surface area contributed by atoms with Gasteiger partial charge >= 0.3 is 6.03 Å². The zero-order valence-electron chi connectivity index (χ0n) is 20.4. The highest BCUT2D eigenvalue weighted by molar-refractivity contribution is 7.15. The second-order valence-corrected chi connectivity index (χ2v) is 11.0. The molecule has 35 heavy (non-hydrogen) atoms. The topological polar surface area (TPSA) is 37.3 Å². The number of amides is 2. The quantitative estimate of drug-likeness (QED) is 0.341. The lowest BCUT2D eigenvalue weighted by atomic mass is 9.95. The Morgan fingerprint density at radius 3 is 2.63 bits per heavy atom. The number of thiophene rings is 1. The van der Waals surface area contributed by atoms with Crippen molar-refractivity contribution in [3.05, 3.63) is 111 Å². The first-order valence-electron chi connectivity index (χ1n) is 12.6. The summed E-state index contributed by atoms with van der Waals surface area (Å²) in [6.07, 6.45) is 6.94. The maximum Gasteiger partial charge on any atom is 0.318 e. The summed E-state index contributed by atoms with van der Waals surface area (Å²) in [5.41, 5.74) is 8.67. The molecule has 4 aromatic rings. The van der Waals surface area contributed by atoms with E-state index in [0.29, 0.717) is 13.1 Å². The van der Waals surface area contributed by atoms with Crippen molar-refractivity contribution in [2.45, 2.75) is 58.7 Å². The summed E-state index contributed by atoms with van der Waals surface area (Å²) in [5, 5.41) is 4.53. The molecule has 2 aromatic carbocycles. The molecule has 2 aliphatic rings. The van der Waals surface area contributed by atoms with Crippen LogP contribution in [-0.2, 0) is 25.9 Å². The summed E-state index contributed by atoms with van der Waals surface area (Å²) in [6, 6.07) is 21.1. The molecule has 2 aromatic heterocycles. The van der Waals surface area contributed by atoms with Gasteiger partial charge in [0.2, 0.25) is 0 Å². The molecule has 0 fully saturated rings. The van der Waals surface area contributed by atoms with E-state index in [1.165, 1.54) is 45.0 Å². The Morgan fingerprint density at radius 1 is 0.971 bits per heavy atom. The number of hydrogen-bond acceptors (Lipinski definition) is 2. The Morgan fingerprint density at radius 2 is 1.80 bits per heavy atom. The highest BCUT2D eigenvalue weighted by Crippen LogP contribution is 2.44. The molecule has 6 rings (SSSR count). The van der Waals surface area contributed by atoms with Crippen LogP contribution in [-0.4, -0.2) is 15.5 Å². The highest BCUT2D eigenvalue weighted by Gasteiger charge is 2.36. The molecule has 1 N–H and O–H groups in total. The number of nitrogens with zero attached hydrogens (tertiary/aromatic N) is 2. The molecule has 2 amide bonds. The summed E-state index contributed by atoms with van der Waals surface area (Å²) in [5.74, 6) is 0. The SMILES string of the molecule is Cc1ccc(CNC(=O)N2Cc3c(sc4c3CCCC4)-n3cccc3[C@H]2c2cccc(C)c2)cc1. The molecular formula is C30H31N3OS. The van der Waals surface area contributed by atoms with Crippen molar-refractivity contribution in [3.63, 3.8) is 0 Å². The third-order valence-electron chi connectivity index (χ3n) is 7.36. The van der Waals surface area contributed by atoms with E-state index in [1.54, 1.807) is 0 Å². The van der Waals surface area contributed by atoms with Gasteiger partial charge in [0, 0.05) is 23.2 Å². The number of urea groups is 1. The summed E-state index contributed by atoms with van der Waals surface area (Å²) < 4.78 is 2.35. The molecule has 3 heterocycles. The van der Waals surface area contributed by atoms with Crippen LogP contribution in [0.1, 0.15) is 62.8 Å². The van der Waals surface area contributed by atoms with E-state index in [2.05, 4.69) is 95.5 Å². The number of rotatable bonds is 3. The van der Waals surface area contributed by atoms with Gasteiger partial charge in [0.15, 0.2) is 0 Å². The van der Waals surface area contributed by atoms with Crippen LogP contribution in [0.5, 0.6) is 0 Å². The number of aromatic nitrogens is 1. The van der Waals surface area contributed by atoms with Crippen molar-refractivity contribution in [1.82, 2.24) is 14.8 Å². The molecular weight excluding hydrogens is 450 g/mol. The molecule has 1 aliphatic heterocycles. The van der Waals surface area contributed by atoms with Gasteiger partial charge in [-0.1, -0.05) is 59.7 Å². The molecule has 1 aliphatic carbocycles. The minimum absolute atomic E-state index is 0.0200. The average Bonchev–Trinajstić information content (AvgIpc) is 3.45. The normalized spacial score (nSPS) is 16.7. The smallest absolute Gasteiger partial charge is 0.318 e. The lowest BCUT2D eigenvalue weighted by molar-refractivity contribution is 0.180. The Hall–Kier alpha value is -3.31. The van der Waals surface area contributed by atoms with Crippen LogP contribution < -0.4 is 5.32 Å². The van der Waals surface area contributed by atoms with Gasteiger partial charge in [-0.25, -0.2) is 4.79 Å². The van der Waals surface area contributed by atoms with Crippen LogP contribution in [0.3, 0.4) is 0 Å². The van der Waals surface area contributed by atoms with E-state index in [4.69, 9.17) is 0 Å². The lowest BCUT2D eigenvalue weighted by Crippen LogP contribution is -2.41. The standard InChI is InChI=1S/C30H31N3OS/c1-20-12-14-22(15-13-20)18-31-30(34)33-19-25-24-9-3-4-11-27(24)35-29(25)32-16-6-10-26(32)28(33)23-8-5-7-21(2)17-23/h5-8,10,12-17,28H,3-4,9,11,18-19H2,1-2H3,(H,31,34)/t28-/m1/s1. The largest absolute Gasteiger partial charge is 0.334 e. The number of nitrogens with one attached hydrogen (secondary N) is 1. The van der Waals surface area contributed by atoms with Gasteiger partial charge in [-0.05, 0) is 68.4 Å². The third-order valence-corrected chi connectivity index (χ3v) is 8.70. The first-order chi connectivity index (χ1) is 17.1. The van der Waals surface area contributed by atoms with Gasteiger partial charge in [-0.3, -0.25) is 0 Å². The van der Waals surface area contributed by atoms with Crippen LogP contribution >= 0.6 is 11.3 Å². The molecule has 0 spiro atoms. The fraction of sp³-hybridized carbons (Fsp3) is 0.300. The van der Waals surface area contributed by atoms with Crippen LogP contribution in [0.4, 0.5) is 4.79 Å². The number of fused-ring (bicyclic) bond motifs is 5. The molecule has 1 atom stereocenters. The molecule has 0 bridgehead atoms. The predicted molar refractivity (Wildman–Crippen MR) is 142 cm³/mol. The minimum atomic E-state index is -0.151. The van der Waals surface area contributed by atoms with Gasteiger partial charge in [0.1, 0.15) is 5.00 Å². The molecule has 5 heteroatoms. The Balaban J connectivity index is 1.43. The summed E-state index contributed by atoms with van der Waals surface area (Å²) >= 11 is 1.93. The Labute approximate surface area is 211 Å². The van der Waals surface area contributed by atoms with Gasteiger partial charge in [-0.15, -0.1) is 11.3 Å². The minimum Gasteiger partial charge on any atom is -0.334 e. The lowest BCUT2D eigenvalue weighted by Gasteiger charge is -2.31. The van der Waals surface area contributed by atoms with E-state index in [1.807, 2.05) is 11.3 Å². The van der Waals surface area contributed by atoms with E-state index >= 15 is 0 Å². The van der Waals surface area contributed by atoms with Crippen molar-refractivity contribution < 1.29 is 4.79 Å². The zero-order chi connectivity index (χ0) is 23.9. The van der Waals surface area contributed by atoms with Crippen LogP contribution in [0.25, 0.3) is 5.00 Å². The summed E-state index contributed by atoms with van der Waals surface area (Å²) in [6.45, 7) is 5.35. The van der Waals surface area contributed by atoms with E-state index < -0.39 is 0 Å². The van der Waals surface area contributed by atoms with Crippen molar-refractivity contribution in [3.8, 4) is 5.00 Å². The maximum atomic E-state index is 13.9. The molecule has 0 saturated carbocycles. The Bertz CT molecular complexity index is 1380. The predicted octanol–water partition coefficient (Wildman–Crippen LogP) is 6.85. The first kappa shape index (κ1) is 22.2. The molecule has 178 valence electrons. The van der Waals surface area contributed by atoms with Crippen molar-refractivity contribution >= 4 is 17.4 Å². The van der Waals surface area contributed by atoms with E-state index in [0.717, 1.165) is 29.7 Å². The highest BCUT2D eigenvalue weighted by atomic mass is 32.1. The van der Waals surface area contributed by atoms with Gasteiger partial charge < -0.3 is 14.8 Å². The monoisotopic (exact) mass is 481 g/mol. The fourth-order valence-electron chi connectivity index (χ4n) is 5.56. The zero-order valence-corrected chi connectivity index (χ0v) is 21.2. The second-order valence-electron chi connectivity index (χ2n) is 9.89. The van der Waals surface area contributed by atoms with Gasteiger partial charge in [0.05, 0.1) is 18.3 Å². The van der Waals surface area contributed by atoms with Crippen LogP contribution in [0, 0.1) is 13.8 Å². The molecule has 4 nitrogen and oxygen atoms in total. The van der Waals surface area contributed by atoms with Gasteiger partial charge in [-0.2, -0.15) is 0 Å². The number of carbonyl (C=O) groups is 1. The second kappa shape index (κ2) is 9.04. The molecule has 0 radical (unpaired) electrons. The van der Waals surface area contributed by atoms with Gasteiger partial charge in [0.25, 0.3) is 0 Å². The van der Waals surface area contributed by atoms with Crippen molar-refractivity contribution in [2.24, 2.45) is 0 Å². The maximum absolute atomic E-state index is 13.9.